The maximum atomic E-state index is 16.1. The van der Waals surface area contributed by atoms with E-state index < -0.39 is 11.9 Å². The fraction of sp³-hybridized carbons (Fsp3) is 0.637. The molecule has 4 aliphatic rings. The van der Waals surface area contributed by atoms with Gasteiger partial charge in [0.2, 0.25) is 5.91 Å². The zero-order valence-corrected chi connectivity index (χ0v) is 61.6. The summed E-state index contributed by atoms with van der Waals surface area (Å²) in [6, 6.07) is 17.1. The molecule has 5 heterocycles. The van der Waals surface area contributed by atoms with E-state index in [1.165, 1.54) is 147 Å². The molecule has 4 fully saturated rings. The number of carbonyl (C=O) groups excluding carboxylic acids is 3. The summed E-state index contributed by atoms with van der Waals surface area (Å²) < 4.78 is 40.2. The fourth-order valence-corrected chi connectivity index (χ4v) is 13.5. The number of halogens is 2. The highest BCUT2D eigenvalue weighted by Gasteiger charge is 2.29. The molecule has 530 valence electrons. The number of Topliss-reactive ketones (excluding diaryl/α,β-unsaturated/α-hetero) is 2. The minimum Gasteiger partial charge on any atom is -0.508 e. The zero-order chi connectivity index (χ0) is 70.1. The molecule has 95 heavy (non-hydrogen) atoms. The van der Waals surface area contributed by atoms with Crippen molar-refractivity contribution in [3.63, 3.8) is 0 Å². The van der Waals surface area contributed by atoms with E-state index in [1.807, 2.05) is 44.5 Å². The van der Waals surface area contributed by atoms with Crippen LogP contribution in [0, 0.1) is 42.2 Å². The number of phenols is 1. The number of hydrogen-bond donors (Lipinski definition) is 2. The molecule has 4 aromatic carbocycles. The number of likely N-dealkylation sites (tertiary alicyclic amines) is 1. The second kappa shape index (κ2) is 43.4. The summed E-state index contributed by atoms with van der Waals surface area (Å²) in [5.41, 5.74) is 4.79. The molecule has 4 aliphatic heterocycles. The molecule has 0 radical (unpaired) electrons. The molecule has 9 rings (SSSR count). The van der Waals surface area contributed by atoms with Crippen molar-refractivity contribution >= 4 is 50.7 Å². The first-order valence-corrected chi connectivity index (χ1v) is 36.4. The summed E-state index contributed by atoms with van der Waals surface area (Å²) in [6.07, 6.45) is 27.0. The number of hydrogen-bond acceptors (Lipinski definition) is 12. The molecule has 2 N–H and O–H groups in total. The van der Waals surface area contributed by atoms with Crippen LogP contribution in [0.3, 0.4) is 0 Å². The number of phenolic OH excluding ortho intramolecular Hbond substituents is 1. The molecule has 0 spiro atoms. The highest BCUT2D eigenvalue weighted by atomic mass is 19.1. The number of β-amino-alcohol motifs (C(OH)–C–C–N with tert-alkyl or cyclic N) is 1. The van der Waals surface area contributed by atoms with Gasteiger partial charge in [-0.05, 0) is 224 Å². The molecule has 0 saturated carbocycles. The van der Waals surface area contributed by atoms with E-state index in [-0.39, 0.29) is 52.2 Å². The minimum atomic E-state index is -0.616. The standard InChI is InChI=1S/C28H48N2O.C26H25F2N3O3.C11H20O2.C7H13N.C6H12.C2H6O/c1-7-10-24(14-12-22(4)9-3)21-30-18-16-25(17-19-30)26-15-13-23(5)27(20-26)29(6)28(31)11-8-2;1-3-17-21(27)9-6-14-11-16(33)12-20(22(14)17)18-7-8-19-24(23(18)28)29-26(34-2)30-25(19)31-10-4-5-15(32)13-31;1-5-8(2)11(13)9(3)6-7-10(4)12;1-3-7-4-2-6-8(7)5-1;1-3-5-6-4-2;1-3-2/h13,15,20,22,24-25H,7-12,14,16-19,21H2,1-6H3;6-9,11-12,15,32-33H,3-5,10,13H2,1-2H3;8-9H,5-7H2,1-4H3;7H,1-6H2;3,5H,4,6H2,1-2H3;1-2H3/b;;;;5-3+;. The first kappa shape index (κ1) is 81.6. The summed E-state index contributed by atoms with van der Waals surface area (Å²) in [5, 5.41) is 22.1. The lowest BCUT2D eigenvalue weighted by molar-refractivity contribution is -0.126. The van der Waals surface area contributed by atoms with E-state index in [2.05, 4.69) is 103 Å². The molecule has 5 atom stereocenters. The third-order valence-corrected chi connectivity index (χ3v) is 19.6. The van der Waals surface area contributed by atoms with Crippen molar-refractivity contribution in [2.75, 3.05) is 84.0 Å². The lowest BCUT2D eigenvalue weighted by atomic mass is 9.87. The number of rotatable bonds is 24. The molecule has 0 bridgehead atoms. The van der Waals surface area contributed by atoms with Gasteiger partial charge in [-0.3, -0.25) is 9.59 Å². The Morgan fingerprint density at radius 3 is 2.01 bits per heavy atom. The minimum absolute atomic E-state index is 0.0136. The highest BCUT2D eigenvalue weighted by Crippen LogP contribution is 2.41. The van der Waals surface area contributed by atoms with Crippen LogP contribution >= 0.6 is 0 Å². The topological polar surface area (TPSA) is 149 Å². The van der Waals surface area contributed by atoms with Crippen molar-refractivity contribution in [3.05, 3.63) is 95.1 Å². The Hall–Kier alpha value is -5.87. The zero-order valence-electron chi connectivity index (χ0n) is 61.6. The Balaban J connectivity index is 0.000000284. The Bertz CT molecular complexity index is 3110. The molecule has 5 aromatic rings. The predicted octanol–water partition coefficient (Wildman–Crippen LogP) is 18.6. The average Bonchev–Trinajstić information content (AvgIpc) is 1.22. The summed E-state index contributed by atoms with van der Waals surface area (Å²) in [7, 11) is 6.59. The number of methoxy groups -OCH3 is 2. The van der Waals surface area contributed by atoms with Crippen LogP contribution in [0.25, 0.3) is 32.8 Å². The van der Waals surface area contributed by atoms with E-state index in [9.17, 15) is 29.0 Å². The Morgan fingerprint density at radius 1 is 0.758 bits per heavy atom. The summed E-state index contributed by atoms with van der Waals surface area (Å²) in [6.45, 7) is 32.3. The van der Waals surface area contributed by atoms with Crippen molar-refractivity contribution in [1.82, 2.24) is 19.8 Å². The van der Waals surface area contributed by atoms with Crippen molar-refractivity contribution in [2.45, 2.75) is 236 Å². The molecule has 4 saturated heterocycles. The molecule has 15 heteroatoms. The number of benzene rings is 4. The number of carbonyl (C=O) groups is 3. The van der Waals surface area contributed by atoms with Crippen molar-refractivity contribution in [2.24, 2.45) is 23.7 Å². The first-order chi connectivity index (χ1) is 45.6. The van der Waals surface area contributed by atoms with Gasteiger partial charge in [-0.2, -0.15) is 9.97 Å². The molecule has 5 unspecified atom stereocenters. The van der Waals surface area contributed by atoms with Gasteiger partial charge in [0.25, 0.3) is 0 Å². The number of amides is 1. The second-order valence-electron chi connectivity index (χ2n) is 27.2. The molecular formula is C80H124F2N6O7. The van der Waals surface area contributed by atoms with E-state index in [0.717, 1.165) is 42.8 Å². The quantitative estimate of drug-likeness (QED) is 0.0567. The molecule has 0 aliphatic carbocycles. The number of fused-ring (bicyclic) bond motifs is 3. The number of anilines is 2. The Kier molecular flexibility index (Phi) is 37.3. The van der Waals surface area contributed by atoms with Crippen molar-refractivity contribution < 1.29 is 42.9 Å². The van der Waals surface area contributed by atoms with Crippen LogP contribution in [0.1, 0.15) is 227 Å². The largest absolute Gasteiger partial charge is 0.508 e. The maximum Gasteiger partial charge on any atom is 0.318 e. The summed E-state index contributed by atoms with van der Waals surface area (Å²) >= 11 is 0. The number of aliphatic hydroxyl groups is 1. The average molecular weight is 1320 g/mol. The summed E-state index contributed by atoms with van der Waals surface area (Å²) in [4.78, 5) is 52.6. The van der Waals surface area contributed by atoms with Gasteiger partial charge in [0.05, 0.1) is 13.2 Å². The molecule has 1 amide bonds. The maximum absolute atomic E-state index is 16.1. The predicted molar refractivity (Wildman–Crippen MR) is 392 cm³/mol. The van der Waals surface area contributed by atoms with Crippen LogP contribution in [0.2, 0.25) is 0 Å². The van der Waals surface area contributed by atoms with E-state index in [0.29, 0.717) is 90.0 Å². The second-order valence-corrected chi connectivity index (χ2v) is 27.2. The lowest BCUT2D eigenvalue weighted by Crippen LogP contribution is -2.38. The van der Waals surface area contributed by atoms with Gasteiger partial charge in [-0.15, -0.1) is 0 Å². The molecular weight excluding hydrogens is 1190 g/mol. The number of ether oxygens (including phenoxy) is 2. The van der Waals surface area contributed by atoms with Crippen molar-refractivity contribution in [1.29, 1.82) is 0 Å². The number of ketones is 2. The number of unbranched alkanes of at least 4 members (excludes halogenated alkanes) is 1. The lowest BCUT2D eigenvalue weighted by Gasteiger charge is -2.35. The number of aromatic hydroxyl groups is 1. The molecule has 13 nitrogen and oxygen atoms in total. The van der Waals surface area contributed by atoms with Gasteiger partial charge < -0.3 is 44.1 Å². The van der Waals surface area contributed by atoms with Crippen LogP contribution in [0.15, 0.2) is 66.7 Å². The van der Waals surface area contributed by atoms with E-state index >= 15 is 4.39 Å². The van der Waals surface area contributed by atoms with Crippen LogP contribution in [0.5, 0.6) is 11.8 Å². The SMILES string of the molecule is C/C=C/CCC.C1CC2CCCN2C1.CCC(C)C(=O)C(C)CCC(C)=O.CCCC(=O)N(C)c1cc(C2CCN(CC(CCC)CCC(C)CC)CC2)ccc1C.CCc1c(F)ccc2cc(O)cc(-c3ccc4c(N5CCCC(O)C5)nc(OC)nc4c3F)c12.COC. The van der Waals surface area contributed by atoms with Gasteiger partial charge in [0.1, 0.15) is 34.5 Å². The normalized spacial score (nSPS) is 17.1. The third kappa shape index (κ3) is 25.5. The number of aromatic nitrogens is 2. The third-order valence-electron chi connectivity index (χ3n) is 19.6. The number of allylic oxidation sites excluding steroid dienone is 2. The summed E-state index contributed by atoms with van der Waals surface area (Å²) in [5.74, 6) is 2.67. The first-order valence-electron chi connectivity index (χ1n) is 36.4. The smallest absolute Gasteiger partial charge is 0.318 e. The van der Waals surface area contributed by atoms with Gasteiger partial charge in [-0.25, -0.2) is 8.78 Å². The van der Waals surface area contributed by atoms with Gasteiger partial charge in [0.15, 0.2) is 5.82 Å². The van der Waals surface area contributed by atoms with Crippen molar-refractivity contribution in [3.8, 4) is 22.9 Å². The number of aliphatic hydroxyl groups excluding tert-OH is 1. The number of nitrogens with zero attached hydrogens (tertiary/aromatic N) is 6. The van der Waals surface area contributed by atoms with Crippen LogP contribution in [0.4, 0.5) is 20.3 Å². The van der Waals surface area contributed by atoms with Gasteiger partial charge in [-0.1, -0.05) is 124 Å². The van der Waals surface area contributed by atoms with Crippen LogP contribution in [-0.2, 0) is 25.5 Å². The van der Waals surface area contributed by atoms with Gasteiger partial charge in [0, 0.05) is 88.3 Å². The van der Waals surface area contributed by atoms with Crippen LogP contribution in [-0.4, -0.2) is 134 Å². The highest BCUT2D eigenvalue weighted by molar-refractivity contribution is 6.03. The van der Waals surface area contributed by atoms with E-state index in [4.69, 9.17) is 4.74 Å². The molecule has 1 aromatic heterocycles. The Morgan fingerprint density at radius 2 is 1.44 bits per heavy atom. The monoisotopic (exact) mass is 1320 g/mol. The van der Waals surface area contributed by atoms with E-state index in [1.54, 1.807) is 45.4 Å². The Labute approximate surface area is 572 Å². The number of piperidine rings is 2. The van der Waals surface area contributed by atoms with Gasteiger partial charge >= 0.3 is 6.01 Å². The number of aryl methyl sites for hydroxylation is 2. The fourth-order valence-electron chi connectivity index (χ4n) is 13.5. The van der Waals surface area contributed by atoms with Crippen LogP contribution < -0.4 is 14.5 Å².